The molecule has 1 aliphatic carbocycles. The minimum atomic E-state index is -0.596. The average Bonchev–Trinajstić information content (AvgIpc) is 2.68. The van der Waals surface area contributed by atoms with Crippen LogP contribution < -0.4 is 15.8 Å². The van der Waals surface area contributed by atoms with E-state index in [1.807, 2.05) is 54.6 Å². The van der Waals surface area contributed by atoms with Gasteiger partial charge in [-0.2, -0.15) is 0 Å². The Morgan fingerprint density at radius 3 is 2.62 bits per heavy atom. The van der Waals surface area contributed by atoms with Crippen LogP contribution >= 0.6 is 0 Å². The van der Waals surface area contributed by atoms with Crippen molar-refractivity contribution in [3.8, 4) is 5.75 Å². The number of carbonyl (C=O) groups is 1. The van der Waals surface area contributed by atoms with E-state index in [0.717, 1.165) is 23.3 Å². The van der Waals surface area contributed by atoms with E-state index in [1.165, 1.54) is 0 Å². The summed E-state index contributed by atoms with van der Waals surface area (Å²) in [6.45, 7) is 0.890. The lowest BCUT2D eigenvalue weighted by molar-refractivity contribution is -0.127. The van der Waals surface area contributed by atoms with Gasteiger partial charge < -0.3 is 20.9 Å². The van der Waals surface area contributed by atoms with Gasteiger partial charge in [0.25, 0.3) is 0 Å². The second-order valence-electron chi connectivity index (χ2n) is 6.84. The molecule has 1 aliphatic rings. The summed E-state index contributed by atoms with van der Waals surface area (Å²) < 4.78 is 5.92. The van der Waals surface area contributed by atoms with Gasteiger partial charge in [0.1, 0.15) is 12.4 Å². The maximum Gasteiger partial charge on any atom is 0.223 e. The van der Waals surface area contributed by atoms with Crippen LogP contribution in [-0.2, 0) is 17.9 Å². The van der Waals surface area contributed by atoms with E-state index in [9.17, 15) is 9.90 Å². The van der Waals surface area contributed by atoms with Crippen LogP contribution in [0.5, 0.6) is 5.75 Å². The lowest BCUT2D eigenvalue weighted by Gasteiger charge is -2.30. The van der Waals surface area contributed by atoms with Crippen LogP contribution in [0.2, 0.25) is 0 Å². The molecule has 1 saturated carbocycles. The molecule has 26 heavy (non-hydrogen) atoms. The fourth-order valence-electron chi connectivity index (χ4n) is 3.26. The summed E-state index contributed by atoms with van der Waals surface area (Å²) in [5.41, 5.74) is 7.84. The molecule has 0 aliphatic heterocycles. The third-order valence-corrected chi connectivity index (χ3v) is 4.90. The van der Waals surface area contributed by atoms with E-state index in [1.54, 1.807) is 0 Å². The average molecular weight is 354 g/mol. The number of hydrogen-bond donors (Lipinski definition) is 3. The van der Waals surface area contributed by atoms with E-state index in [-0.39, 0.29) is 17.9 Å². The van der Waals surface area contributed by atoms with Crippen molar-refractivity contribution in [2.75, 3.05) is 0 Å². The van der Waals surface area contributed by atoms with Crippen molar-refractivity contribution in [1.82, 2.24) is 5.32 Å². The lowest BCUT2D eigenvalue weighted by Crippen LogP contribution is -2.44. The fraction of sp³-hybridized carbons (Fsp3) is 0.381. The molecular weight excluding hydrogens is 328 g/mol. The second-order valence-corrected chi connectivity index (χ2v) is 6.84. The molecule has 1 amide bonds. The van der Waals surface area contributed by atoms with Crippen LogP contribution in [0, 0.1) is 5.92 Å². The molecule has 5 nitrogen and oxygen atoms in total. The number of ether oxygens (including phenoxy) is 1. The molecule has 5 heteroatoms. The fourth-order valence-corrected chi connectivity index (χ4v) is 3.26. The van der Waals surface area contributed by atoms with Crippen LogP contribution in [-0.4, -0.2) is 23.2 Å². The van der Waals surface area contributed by atoms with Gasteiger partial charge in [-0.3, -0.25) is 4.79 Å². The topological polar surface area (TPSA) is 84.6 Å². The Morgan fingerprint density at radius 2 is 1.85 bits per heavy atom. The van der Waals surface area contributed by atoms with Gasteiger partial charge in [-0.05, 0) is 30.9 Å². The van der Waals surface area contributed by atoms with Gasteiger partial charge in [0, 0.05) is 24.1 Å². The number of rotatable bonds is 6. The predicted octanol–water partition coefficient (Wildman–Crippen LogP) is 2.37. The maximum absolute atomic E-state index is 12.4. The van der Waals surface area contributed by atoms with Crippen molar-refractivity contribution in [3.05, 3.63) is 65.7 Å². The molecule has 138 valence electrons. The molecule has 0 unspecified atom stereocenters. The molecule has 3 rings (SSSR count). The van der Waals surface area contributed by atoms with Gasteiger partial charge in [-0.1, -0.05) is 48.5 Å². The zero-order chi connectivity index (χ0) is 18.4. The Bertz CT molecular complexity index is 720. The summed E-state index contributed by atoms with van der Waals surface area (Å²) in [5.74, 6) is 0.554. The monoisotopic (exact) mass is 354 g/mol. The first-order valence-corrected chi connectivity index (χ1v) is 9.09. The van der Waals surface area contributed by atoms with Gasteiger partial charge >= 0.3 is 0 Å². The molecule has 4 N–H and O–H groups in total. The Labute approximate surface area is 154 Å². The first kappa shape index (κ1) is 18.4. The van der Waals surface area contributed by atoms with Gasteiger partial charge in [0.05, 0.1) is 6.10 Å². The Kier molecular flexibility index (Phi) is 6.26. The molecule has 0 heterocycles. The third kappa shape index (κ3) is 4.84. The van der Waals surface area contributed by atoms with Crippen molar-refractivity contribution < 1.29 is 14.6 Å². The zero-order valence-corrected chi connectivity index (χ0v) is 14.8. The molecule has 0 bridgehead atoms. The summed E-state index contributed by atoms with van der Waals surface area (Å²) in [7, 11) is 0. The molecule has 1 fully saturated rings. The first-order valence-electron chi connectivity index (χ1n) is 9.09. The number of amides is 1. The van der Waals surface area contributed by atoms with Gasteiger partial charge in [0.15, 0.2) is 0 Å². The van der Waals surface area contributed by atoms with Crippen LogP contribution in [0.25, 0.3) is 0 Å². The van der Waals surface area contributed by atoms with E-state index >= 15 is 0 Å². The smallest absolute Gasteiger partial charge is 0.223 e. The standard InChI is InChI=1S/C21H26N2O3/c22-18-11-10-16(12-19(18)24)21(25)23-13-17-8-4-5-9-20(17)26-14-15-6-2-1-3-7-15/h1-9,16,18-19,24H,10-14,22H2,(H,23,25)/t16-,18-,19-/m0/s1. The lowest BCUT2D eigenvalue weighted by atomic mass is 9.84. The Balaban J connectivity index is 1.55. The molecule has 2 aromatic rings. The predicted molar refractivity (Wildman–Crippen MR) is 100 cm³/mol. The number of nitrogens with one attached hydrogen (secondary N) is 1. The van der Waals surface area contributed by atoms with Crippen molar-refractivity contribution >= 4 is 5.91 Å². The maximum atomic E-state index is 12.4. The second kappa shape index (κ2) is 8.83. The summed E-state index contributed by atoms with van der Waals surface area (Å²) in [6.07, 6.45) is 1.23. The largest absolute Gasteiger partial charge is 0.489 e. The first-order chi connectivity index (χ1) is 12.6. The van der Waals surface area contributed by atoms with Gasteiger partial charge in [0.2, 0.25) is 5.91 Å². The van der Waals surface area contributed by atoms with Gasteiger partial charge in [-0.25, -0.2) is 0 Å². The highest BCUT2D eigenvalue weighted by Gasteiger charge is 2.30. The van der Waals surface area contributed by atoms with E-state index < -0.39 is 6.10 Å². The number of para-hydroxylation sites is 1. The molecule has 0 radical (unpaired) electrons. The highest BCUT2D eigenvalue weighted by atomic mass is 16.5. The summed E-state index contributed by atoms with van der Waals surface area (Å²) in [5, 5.41) is 12.9. The highest BCUT2D eigenvalue weighted by Crippen LogP contribution is 2.24. The van der Waals surface area contributed by atoms with E-state index in [0.29, 0.717) is 26.0 Å². The normalized spacial score (nSPS) is 22.6. The third-order valence-electron chi connectivity index (χ3n) is 4.90. The van der Waals surface area contributed by atoms with Crippen LogP contribution in [0.4, 0.5) is 0 Å². The summed E-state index contributed by atoms with van der Waals surface area (Å²) in [6, 6.07) is 17.5. The molecule has 3 atom stereocenters. The molecular formula is C21H26N2O3. The van der Waals surface area contributed by atoms with Crippen molar-refractivity contribution in [1.29, 1.82) is 0 Å². The molecule has 0 saturated heterocycles. The number of hydrogen-bond acceptors (Lipinski definition) is 4. The quantitative estimate of drug-likeness (QED) is 0.743. The van der Waals surface area contributed by atoms with Crippen molar-refractivity contribution in [3.63, 3.8) is 0 Å². The van der Waals surface area contributed by atoms with Crippen molar-refractivity contribution in [2.45, 2.75) is 44.6 Å². The number of carbonyl (C=O) groups excluding carboxylic acids is 1. The number of aliphatic hydroxyl groups excluding tert-OH is 1. The van der Waals surface area contributed by atoms with Crippen LogP contribution in [0.15, 0.2) is 54.6 Å². The summed E-state index contributed by atoms with van der Waals surface area (Å²) >= 11 is 0. The van der Waals surface area contributed by atoms with Crippen LogP contribution in [0.3, 0.4) is 0 Å². The molecule has 2 aromatic carbocycles. The number of aliphatic hydroxyl groups is 1. The number of benzene rings is 2. The highest BCUT2D eigenvalue weighted by molar-refractivity contribution is 5.78. The number of nitrogens with two attached hydrogens (primary N) is 1. The van der Waals surface area contributed by atoms with E-state index in [2.05, 4.69) is 5.32 Å². The Hall–Kier alpha value is -2.37. The zero-order valence-electron chi connectivity index (χ0n) is 14.8. The summed E-state index contributed by atoms with van der Waals surface area (Å²) in [4.78, 5) is 12.4. The SMILES string of the molecule is N[C@H]1CC[C@H](C(=O)NCc2ccccc2OCc2ccccc2)C[C@@H]1O. The van der Waals surface area contributed by atoms with E-state index in [4.69, 9.17) is 10.5 Å². The minimum absolute atomic E-state index is 0.0335. The van der Waals surface area contributed by atoms with Gasteiger partial charge in [-0.15, -0.1) is 0 Å². The Morgan fingerprint density at radius 1 is 1.12 bits per heavy atom. The van der Waals surface area contributed by atoms with Crippen LogP contribution in [0.1, 0.15) is 30.4 Å². The van der Waals surface area contributed by atoms with Crippen molar-refractivity contribution in [2.24, 2.45) is 11.7 Å². The molecule has 0 spiro atoms. The minimum Gasteiger partial charge on any atom is -0.489 e. The molecule has 0 aromatic heterocycles.